The van der Waals surface area contributed by atoms with Gasteiger partial charge in [0.2, 0.25) is 0 Å². The molecule has 1 heterocycles. The third-order valence-electron chi connectivity index (χ3n) is 5.51. The van der Waals surface area contributed by atoms with Crippen molar-refractivity contribution >= 4 is 0 Å². The van der Waals surface area contributed by atoms with Crippen molar-refractivity contribution in [1.82, 2.24) is 4.90 Å². The minimum absolute atomic E-state index is 0.272. The number of hydrogen-bond donors (Lipinski definition) is 1. The van der Waals surface area contributed by atoms with Crippen LogP contribution in [0.1, 0.15) is 42.7 Å². The first-order valence-electron chi connectivity index (χ1n) is 7.95. The summed E-state index contributed by atoms with van der Waals surface area (Å²) in [6.07, 6.45) is 4.71. The minimum atomic E-state index is -0.621. The van der Waals surface area contributed by atoms with E-state index < -0.39 is 5.60 Å². The molecular weight excluding hydrogens is 250 g/mol. The Morgan fingerprint density at radius 2 is 1.85 bits per heavy atom. The zero-order valence-corrected chi connectivity index (χ0v) is 11.9. The normalized spacial score (nSPS) is 37.5. The Bertz CT molecular complexity index is 498. The van der Waals surface area contributed by atoms with E-state index in [0.717, 1.165) is 39.1 Å². The van der Waals surface area contributed by atoms with Crippen molar-refractivity contribution in [2.24, 2.45) is 0 Å². The van der Waals surface area contributed by atoms with Gasteiger partial charge in [-0.15, -0.1) is 0 Å². The molecule has 4 rings (SSSR count). The van der Waals surface area contributed by atoms with Crippen LogP contribution in [0.3, 0.4) is 0 Å². The number of hydrogen-bond acceptors (Lipinski definition) is 3. The summed E-state index contributed by atoms with van der Waals surface area (Å²) in [7, 11) is 0. The zero-order chi connectivity index (χ0) is 13.6. The second kappa shape index (κ2) is 4.83. The number of aliphatic hydroxyl groups is 1. The lowest BCUT2D eigenvalue weighted by atomic mass is 9.60. The third-order valence-corrected chi connectivity index (χ3v) is 5.51. The van der Waals surface area contributed by atoms with Crippen molar-refractivity contribution in [2.45, 2.75) is 43.2 Å². The molecule has 1 aromatic rings. The Balaban J connectivity index is 1.71. The van der Waals surface area contributed by atoms with Gasteiger partial charge in [-0.1, -0.05) is 37.1 Å². The molecule has 1 aromatic carbocycles. The van der Waals surface area contributed by atoms with Gasteiger partial charge in [-0.25, -0.2) is 0 Å². The highest BCUT2D eigenvalue weighted by atomic mass is 16.5. The van der Waals surface area contributed by atoms with Crippen molar-refractivity contribution in [2.75, 3.05) is 26.3 Å². The molecule has 20 heavy (non-hydrogen) atoms. The number of morpholine rings is 1. The van der Waals surface area contributed by atoms with Gasteiger partial charge in [-0.2, -0.15) is 0 Å². The number of benzene rings is 1. The molecule has 108 valence electrons. The predicted molar refractivity (Wildman–Crippen MR) is 77.7 cm³/mol. The van der Waals surface area contributed by atoms with Gasteiger partial charge in [0, 0.05) is 25.0 Å². The van der Waals surface area contributed by atoms with Crippen molar-refractivity contribution in [3.63, 3.8) is 0 Å². The SMILES string of the molecule is O[C@]12c3ccccc3C1CCCCC2N1CCOCC1. The Hall–Kier alpha value is -0.900. The maximum atomic E-state index is 11.5. The van der Waals surface area contributed by atoms with Crippen molar-refractivity contribution in [3.8, 4) is 0 Å². The molecule has 3 nitrogen and oxygen atoms in total. The Morgan fingerprint density at radius 1 is 1.10 bits per heavy atom. The quantitative estimate of drug-likeness (QED) is 0.852. The maximum Gasteiger partial charge on any atom is 0.112 e. The highest BCUT2D eigenvalue weighted by molar-refractivity contribution is 5.49. The molecular formula is C17H23NO2. The fourth-order valence-corrected chi connectivity index (χ4v) is 4.56. The predicted octanol–water partition coefficient (Wildman–Crippen LogP) is 2.25. The molecule has 1 saturated carbocycles. The topological polar surface area (TPSA) is 32.7 Å². The lowest BCUT2D eigenvalue weighted by molar-refractivity contribution is -0.112. The minimum Gasteiger partial charge on any atom is -0.383 e. The largest absolute Gasteiger partial charge is 0.383 e. The van der Waals surface area contributed by atoms with E-state index in [1.807, 2.05) is 0 Å². The summed E-state index contributed by atoms with van der Waals surface area (Å²) in [6, 6.07) is 8.77. The second-order valence-electron chi connectivity index (χ2n) is 6.41. The first-order valence-corrected chi connectivity index (χ1v) is 7.95. The summed E-state index contributed by atoms with van der Waals surface area (Å²) < 4.78 is 5.48. The maximum absolute atomic E-state index is 11.5. The van der Waals surface area contributed by atoms with E-state index in [-0.39, 0.29) is 6.04 Å². The molecule has 0 aromatic heterocycles. The van der Waals surface area contributed by atoms with E-state index in [1.54, 1.807) is 0 Å². The molecule has 1 N–H and O–H groups in total. The molecule has 0 bridgehead atoms. The molecule has 0 radical (unpaired) electrons. The first kappa shape index (κ1) is 12.8. The van der Waals surface area contributed by atoms with Crippen LogP contribution < -0.4 is 0 Å². The monoisotopic (exact) mass is 273 g/mol. The molecule has 2 aliphatic carbocycles. The van der Waals surface area contributed by atoms with E-state index in [4.69, 9.17) is 4.74 Å². The molecule has 0 amide bonds. The van der Waals surface area contributed by atoms with E-state index in [0.29, 0.717) is 5.92 Å². The average Bonchev–Trinajstić information content (AvgIpc) is 2.65. The smallest absolute Gasteiger partial charge is 0.112 e. The molecule has 2 unspecified atom stereocenters. The summed E-state index contributed by atoms with van der Waals surface area (Å²) in [5.41, 5.74) is 1.95. The van der Waals surface area contributed by atoms with Gasteiger partial charge in [0.05, 0.1) is 13.2 Å². The van der Waals surface area contributed by atoms with Gasteiger partial charge in [0.1, 0.15) is 5.60 Å². The fraction of sp³-hybridized carbons (Fsp3) is 0.647. The molecule has 2 fully saturated rings. The third kappa shape index (κ3) is 1.70. The highest BCUT2D eigenvalue weighted by Gasteiger charge is 2.56. The van der Waals surface area contributed by atoms with Crippen LogP contribution in [0.5, 0.6) is 0 Å². The van der Waals surface area contributed by atoms with Crippen LogP contribution in [0.25, 0.3) is 0 Å². The average molecular weight is 273 g/mol. The van der Waals surface area contributed by atoms with Crippen LogP contribution in [0.15, 0.2) is 24.3 Å². The highest BCUT2D eigenvalue weighted by Crippen LogP contribution is 2.57. The Kier molecular flexibility index (Phi) is 3.09. The van der Waals surface area contributed by atoms with E-state index in [2.05, 4.69) is 29.2 Å². The van der Waals surface area contributed by atoms with Crippen LogP contribution in [0.2, 0.25) is 0 Å². The fourth-order valence-electron chi connectivity index (χ4n) is 4.56. The number of fused-ring (bicyclic) bond motifs is 4. The first-order chi connectivity index (χ1) is 9.82. The molecule has 3 heteroatoms. The summed E-state index contributed by atoms with van der Waals surface area (Å²) in [5, 5.41) is 11.5. The van der Waals surface area contributed by atoms with Crippen molar-refractivity contribution in [3.05, 3.63) is 35.4 Å². The van der Waals surface area contributed by atoms with Gasteiger partial charge >= 0.3 is 0 Å². The van der Waals surface area contributed by atoms with Crippen LogP contribution in [0.4, 0.5) is 0 Å². The number of rotatable bonds is 1. The molecule has 1 saturated heterocycles. The summed E-state index contributed by atoms with van der Waals surface area (Å²) in [5.74, 6) is 0.342. The van der Waals surface area contributed by atoms with Crippen LogP contribution >= 0.6 is 0 Å². The van der Waals surface area contributed by atoms with Crippen molar-refractivity contribution in [1.29, 1.82) is 0 Å². The van der Waals surface area contributed by atoms with Gasteiger partial charge in [0.25, 0.3) is 0 Å². The van der Waals surface area contributed by atoms with Crippen LogP contribution in [-0.2, 0) is 10.3 Å². The summed E-state index contributed by atoms with van der Waals surface area (Å²) in [4.78, 5) is 2.47. The van der Waals surface area contributed by atoms with E-state index in [9.17, 15) is 5.11 Å². The Labute approximate surface area is 120 Å². The molecule has 3 atom stereocenters. The number of nitrogens with zero attached hydrogens (tertiary/aromatic N) is 1. The lowest BCUT2D eigenvalue weighted by Crippen LogP contribution is -2.60. The summed E-state index contributed by atoms with van der Waals surface area (Å²) in [6.45, 7) is 3.53. The molecule has 1 aliphatic heterocycles. The second-order valence-corrected chi connectivity index (χ2v) is 6.41. The van der Waals surface area contributed by atoms with Gasteiger partial charge in [-0.3, -0.25) is 4.90 Å². The van der Waals surface area contributed by atoms with Crippen LogP contribution in [0, 0.1) is 0 Å². The Morgan fingerprint density at radius 3 is 2.70 bits per heavy atom. The van der Waals surface area contributed by atoms with Gasteiger partial charge in [0.15, 0.2) is 0 Å². The van der Waals surface area contributed by atoms with E-state index in [1.165, 1.54) is 24.0 Å². The number of ether oxygens (including phenoxy) is 1. The van der Waals surface area contributed by atoms with E-state index >= 15 is 0 Å². The summed E-state index contributed by atoms with van der Waals surface area (Å²) >= 11 is 0. The van der Waals surface area contributed by atoms with Crippen LogP contribution in [-0.4, -0.2) is 42.4 Å². The molecule has 3 aliphatic rings. The molecule has 0 spiro atoms. The van der Waals surface area contributed by atoms with Gasteiger partial charge in [-0.05, 0) is 24.0 Å². The van der Waals surface area contributed by atoms with Crippen molar-refractivity contribution < 1.29 is 9.84 Å². The lowest BCUT2D eigenvalue weighted by Gasteiger charge is -2.54. The van der Waals surface area contributed by atoms with Gasteiger partial charge < -0.3 is 9.84 Å². The zero-order valence-electron chi connectivity index (χ0n) is 11.9. The standard InChI is InChI=1S/C17H23NO2/c19-17-14-6-2-1-5-13(14)15(17)7-3-4-8-16(17)18-9-11-20-12-10-18/h1-2,5-6,15-16,19H,3-4,7-12H2/t15?,16?,17-/m1/s1.